The van der Waals surface area contributed by atoms with Crippen LogP contribution < -0.4 is 22.1 Å². The van der Waals surface area contributed by atoms with E-state index in [0.29, 0.717) is 5.01 Å². The van der Waals surface area contributed by atoms with Crippen LogP contribution in [0, 0.1) is 6.92 Å². The number of urea groups is 1. The Labute approximate surface area is 95.1 Å². The predicted molar refractivity (Wildman–Crippen MR) is 55.6 cm³/mol. The first kappa shape index (κ1) is 13.3. The van der Waals surface area contributed by atoms with Crippen LogP contribution in [0.4, 0.5) is 23.7 Å². The molecule has 0 saturated carbocycles. The lowest BCUT2D eigenvalue weighted by Crippen LogP contribution is -2.48. The third-order valence-corrected chi connectivity index (χ3v) is 2.21. The van der Waals surface area contributed by atoms with Crippen molar-refractivity contribution in [3.8, 4) is 0 Å². The summed E-state index contributed by atoms with van der Waals surface area (Å²) in [6, 6.07) is 2.45. The number of hydrogen-bond acceptors (Lipinski definition) is 3. The summed E-state index contributed by atoms with van der Waals surface area (Å²) >= 11 is 0. The number of benzene rings is 1. The molecule has 17 heavy (non-hydrogen) atoms. The SMILES string of the molecule is Cc1c(N(N)C(=O)NN)cccc1C(F)(F)F. The molecule has 1 aromatic rings. The quantitative estimate of drug-likeness (QED) is 0.397. The van der Waals surface area contributed by atoms with Crippen LogP contribution in [0.15, 0.2) is 18.2 Å². The number of nitrogens with two attached hydrogens (primary N) is 2. The highest BCUT2D eigenvalue weighted by Gasteiger charge is 2.33. The van der Waals surface area contributed by atoms with Crippen molar-refractivity contribution in [1.29, 1.82) is 0 Å². The van der Waals surface area contributed by atoms with E-state index in [9.17, 15) is 18.0 Å². The molecular formula is C9H11F3N4O. The van der Waals surface area contributed by atoms with Crippen molar-refractivity contribution in [2.75, 3.05) is 5.01 Å². The number of rotatable bonds is 1. The van der Waals surface area contributed by atoms with Gasteiger partial charge in [-0.1, -0.05) is 6.07 Å². The van der Waals surface area contributed by atoms with E-state index in [1.807, 2.05) is 0 Å². The van der Waals surface area contributed by atoms with E-state index < -0.39 is 17.8 Å². The van der Waals surface area contributed by atoms with Gasteiger partial charge >= 0.3 is 12.2 Å². The predicted octanol–water partition coefficient (Wildman–Crippen LogP) is 1.28. The Hall–Kier alpha value is -1.80. The molecule has 0 bridgehead atoms. The second kappa shape index (κ2) is 4.60. The summed E-state index contributed by atoms with van der Waals surface area (Å²) in [5.41, 5.74) is 0.664. The first-order valence-corrected chi connectivity index (χ1v) is 4.51. The summed E-state index contributed by atoms with van der Waals surface area (Å²) in [6.45, 7) is 1.22. The van der Waals surface area contributed by atoms with Gasteiger partial charge in [0.2, 0.25) is 0 Å². The minimum Gasteiger partial charge on any atom is -0.274 e. The van der Waals surface area contributed by atoms with Crippen molar-refractivity contribution >= 4 is 11.7 Å². The molecule has 8 heteroatoms. The smallest absolute Gasteiger partial charge is 0.274 e. The van der Waals surface area contributed by atoms with Gasteiger partial charge in [0, 0.05) is 0 Å². The number of alkyl halides is 3. The van der Waals surface area contributed by atoms with Gasteiger partial charge in [-0.3, -0.25) is 5.43 Å². The molecule has 0 aliphatic heterocycles. The number of carbonyl (C=O) groups excluding carboxylic acids is 1. The fourth-order valence-electron chi connectivity index (χ4n) is 1.37. The molecule has 1 aromatic carbocycles. The molecule has 94 valence electrons. The van der Waals surface area contributed by atoms with Crippen molar-refractivity contribution in [1.82, 2.24) is 5.43 Å². The number of nitrogens with one attached hydrogen (secondary N) is 1. The van der Waals surface area contributed by atoms with Crippen LogP contribution in [0.5, 0.6) is 0 Å². The average Bonchev–Trinajstić information content (AvgIpc) is 2.25. The Morgan fingerprint density at radius 3 is 2.47 bits per heavy atom. The third kappa shape index (κ3) is 2.66. The standard InChI is InChI=1S/C9H11F3N4O/c1-5-6(9(10,11)12)3-2-4-7(5)16(14)8(17)15-13/h2-4H,13-14H2,1H3,(H,15,17). The molecule has 0 unspecified atom stereocenters. The monoisotopic (exact) mass is 248 g/mol. The Bertz CT molecular complexity index is 433. The minimum atomic E-state index is -4.50. The van der Waals surface area contributed by atoms with Crippen molar-refractivity contribution in [2.45, 2.75) is 13.1 Å². The zero-order valence-corrected chi connectivity index (χ0v) is 8.88. The average molecular weight is 248 g/mol. The molecule has 0 aromatic heterocycles. The number of hydrazine groups is 2. The Kier molecular flexibility index (Phi) is 3.59. The lowest BCUT2D eigenvalue weighted by molar-refractivity contribution is -0.138. The first-order chi connectivity index (χ1) is 7.79. The molecule has 1 rings (SSSR count). The largest absolute Gasteiger partial charge is 0.416 e. The topological polar surface area (TPSA) is 84.4 Å². The molecule has 5 N–H and O–H groups in total. The fourth-order valence-corrected chi connectivity index (χ4v) is 1.37. The van der Waals surface area contributed by atoms with E-state index in [-0.39, 0.29) is 11.3 Å². The van der Waals surface area contributed by atoms with Gasteiger partial charge < -0.3 is 0 Å². The maximum atomic E-state index is 12.6. The second-order valence-electron chi connectivity index (χ2n) is 3.27. The molecule has 0 radical (unpaired) electrons. The zero-order valence-electron chi connectivity index (χ0n) is 8.88. The maximum absolute atomic E-state index is 12.6. The van der Waals surface area contributed by atoms with Crippen LogP contribution in [0.2, 0.25) is 0 Å². The van der Waals surface area contributed by atoms with Gasteiger partial charge in [-0.25, -0.2) is 21.5 Å². The third-order valence-electron chi connectivity index (χ3n) is 2.21. The van der Waals surface area contributed by atoms with E-state index in [4.69, 9.17) is 11.7 Å². The van der Waals surface area contributed by atoms with Crippen LogP contribution in [0.3, 0.4) is 0 Å². The van der Waals surface area contributed by atoms with Crippen LogP contribution in [-0.4, -0.2) is 6.03 Å². The molecule has 0 aliphatic carbocycles. The summed E-state index contributed by atoms with van der Waals surface area (Å²) in [5.74, 6) is 10.2. The number of hydrogen-bond donors (Lipinski definition) is 3. The van der Waals surface area contributed by atoms with Gasteiger partial charge in [0.05, 0.1) is 11.3 Å². The molecule has 0 heterocycles. The second-order valence-corrected chi connectivity index (χ2v) is 3.27. The highest BCUT2D eigenvalue weighted by molar-refractivity contribution is 5.91. The summed E-state index contributed by atoms with van der Waals surface area (Å²) in [6.07, 6.45) is -4.50. The van der Waals surface area contributed by atoms with E-state index in [1.54, 1.807) is 5.43 Å². The molecule has 0 saturated heterocycles. The summed E-state index contributed by atoms with van der Waals surface area (Å²) < 4.78 is 37.8. The molecule has 0 aliphatic rings. The number of halogens is 3. The number of nitrogens with zero attached hydrogens (tertiary/aromatic N) is 1. The Balaban J connectivity index is 3.24. The summed E-state index contributed by atoms with van der Waals surface area (Å²) in [4.78, 5) is 11.1. The highest BCUT2D eigenvalue weighted by atomic mass is 19.4. The lowest BCUT2D eigenvalue weighted by atomic mass is 10.1. The van der Waals surface area contributed by atoms with Gasteiger partial charge in [0.25, 0.3) is 0 Å². The Morgan fingerprint density at radius 1 is 1.41 bits per heavy atom. The number of anilines is 1. The van der Waals surface area contributed by atoms with Crippen LogP contribution in [0.1, 0.15) is 11.1 Å². The molecule has 0 spiro atoms. The van der Waals surface area contributed by atoms with E-state index >= 15 is 0 Å². The van der Waals surface area contributed by atoms with Crippen LogP contribution in [-0.2, 0) is 6.18 Å². The Morgan fingerprint density at radius 2 is 2.00 bits per heavy atom. The minimum absolute atomic E-state index is 0.0669. The first-order valence-electron chi connectivity index (χ1n) is 4.51. The van der Waals surface area contributed by atoms with Crippen LogP contribution >= 0.6 is 0 Å². The van der Waals surface area contributed by atoms with Crippen molar-refractivity contribution in [3.63, 3.8) is 0 Å². The molecule has 0 atom stereocenters. The maximum Gasteiger partial charge on any atom is 0.416 e. The van der Waals surface area contributed by atoms with Gasteiger partial charge in [-0.2, -0.15) is 13.2 Å². The van der Waals surface area contributed by atoms with Crippen molar-refractivity contribution < 1.29 is 18.0 Å². The summed E-state index contributed by atoms with van der Waals surface area (Å²) in [7, 11) is 0. The lowest BCUT2D eigenvalue weighted by Gasteiger charge is -2.20. The normalized spacial score (nSPS) is 11.2. The van der Waals surface area contributed by atoms with Gasteiger partial charge in [0.1, 0.15) is 0 Å². The van der Waals surface area contributed by atoms with E-state index in [2.05, 4.69) is 0 Å². The van der Waals surface area contributed by atoms with E-state index in [1.165, 1.54) is 13.0 Å². The number of amides is 2. The highest BCUT2D eigenvalue weighted by Crippen LogP contribution is 2.35. The molecule has 5 nitrogen and oxygen atoms in total. The fraction of sp³-hybridized carbons (Fsp3) is 0.222. The molecule has 2 amide bonds. The molecular weight excluding hydrogens is 237 g/mol. The van der Waals surface area contributed by atoms with E-state index in [0.717, 1.165) is 12.1 Å². The summed E-state index contributed by atoms with van der Waals surface area (Å²) in [5, 5.41) is 0.518. The van der Waals surface area contributed by atoms with Gasteiger partial charge in [-0.15, -0.1) is 0 Å². The van der Waals surface area contributed by atoms with Gasteiger partial charge in [-0.05, 0) is 24.6 Å². The number of carbonyl (C=O) groups is 1. The zero-order chi connectivity index (χ0) is 13.2. The van der Waals surface area contributed by atoms with Crippen molar-refractivity contribution in [2.24, 2.45) is 11.7 Å². The van der Waals surface area contributed by atoms with Crippen molar-refractivity contribution in [3.05, 3.63) is 29.3 Å². The van der Waals surface area contributed by atoms with Crippen LogP contribution in [0.25, 0.3) is 0 Å². The van der Waals surface area contributed by atoms with Gasteiger partial charge in [0.15, 0.2) is 0 Å². The molecule has 0 fully saturated rings.